The Morgan fingerprint density at radius 3 is 2.38 bits per heavy atom. The van der Waals surface area contributed by atoms with E-state index in [1.54, 1.807) is 0 Å². The van der Waals surface area contributed by atoms with Crippen LogP contribution in [0.5, 0.6) is 5.75 Å². The van der Waals surface area contributed by atoms with Gasteiger partial charge in [0, 0.05) is 43.6 Å². The van der Waals surface area contributed by atoms with Gasteiger partial charge in [0.05, 0.1) is 0 Å². The van der Waals surface area contributed by atoms with E-state index in [-0.39, 0.29) is 0 Å². The molecule has 0 aliphatic carbocycles. The summed E-state index contributed by atoms with van der Waals surface area (Å²) < 4.78 is 5.86. The smallest absolute Gasteiger partial charge is 0.227 e. The third-order valence-electron chi connectivity index (χ3n) is 5.00. The lowest BCUT2D eigenvalue weighted by Gasteiger charge is -2.32. The van der Waals surface area contributed by atoms with Crippen LogP contribution in [-0.4, -0.2) is 48.1 Å². The lowest BCUT2D eigenvalue weighted by molar-refractivity contribution is 0.306. The van der Waals surface area contributed by atoms with E-state index >= 15 is 0 Å². The van der Waals surface area contributed by atoms with Crippen molar-refractivity contribution in [2.24, 2.45) is 0 Å². The summed E-state index contributed by atoms with van der Waals surface area (Å²) in [7, 11) is 2.15. The molecule has 2 aromatic carbocycles. The van der Waals surface area contributed by atoms with Crippen LogP contribution in [0.4, 0.5) is 17.5 Å². The van der Waals surface area contributed by atoms with E-state index < -0.39 is 0 Å². The second-order valence-corrected chi connectivity index (χ2v) is 7.41. The number of hydrogen-bond acceptors (Lipinski definition) is 6. The molecule has 0 bridgehead atoms. The Balaban J connectivity index is 1.39. The lowest BCUT2D eigenvalue weighted by Crippen LogP contribution is -2.45. The molecule has 0 radical (unpaired) electrons. The number of piperazine rings is 1. The molecular formula is C23H27N5O. The van der Waals surface area contributed by atoms with Crippen LogP contribution in [0.25, 0.3) is 0 Å². The first-order chi connectivity index (χ1) is 14.2. The molecule has 0 unspecified atom stereocenters. The summed E-state index contributed by atoms with van der Waals surface area (Å²) in [5, 5.41) is 3.39. The highest BCUT2D eigenvalue weighted by atomic mass is 16.5. The molecule has 1 aliphatic rings. The van der Waals surface area contributed by atoms with Crippen molar-refractivity contribution in [2.45, 2.75) is 13.5 Å². The topological polar surface area (TPSA) is 53.5 Å². The Bertz CT molecular complexity index is 922. The molecule has 150 valence electrons. The monoisotopic (exact) mass is 389 g/mol. The third-order valence-corrected chi connectivity index (χ3v) is 5.00. The first kappa shape index (κ1) is 19.2. The molecule has 1 aromatic heterocycles. The van der Waals surface area contributed by atoms with Gasteiger partial charge in [0.15, 0.2) is 0 Å². The summed E-state index contributed by atoms with van der Waals surface area (Å²) in [5.41, 5.74) is 3.08. The van der Waals surface area contributed by atoms with Crippen LogP contribution in [0, 0.1) is 6.92 Å². The Kier molecular flexibility index (Phi) is 5.91. The minimum atomic E-state index is 0.563. The molecule has 1 N–H and O–H groups in total. The van der Waals surface area contributed by atoms with Crippen LogP contribution < -0.4 is 15.0 Å². The maximum Gasteiger partial charge on any atom is 0.227 e. The molecule has 0 spiro atoms. The first-order valence-corrected chi connectivity index (χ1v) is 9.99. The summed E-state index contributed by atoms with van der Waals surface area (Å²) in [4.78, 5) is 13.9. The van der Waals surface area contributed by atoms with Crippen LogP contribution in [0.3, 0.4) is 0 Å². The Hall–Kier alpha value is -3.12. The van der Waals surface area contributed by atoms with Gasteiger partial charge in [-0.25, -0.2) is 4.98 Å². The van der Waals surface area contributed by atoms with E-state index in [1.807, 2.05) is 55.5 Å². The standard InChI is InChI=1S/C23H27N5O/c1-18-16-22(26-23(24-18)28-14-12-27(2)13-15-28)25-20-8-10-21(11-9-20)29-17-19-6-4-3-5-7-19/h3-11,16H,12-15,17H2,1-2H3,(H,24,25,26). The van der Waals surface area contributed by atoms with E-state index in [0.717, 1.165) is 60.6 Å². The number of aromatic nitrogens is 2. The predicted octanol–water partition coefficient (Wildman–Crippen LogP) is 3.86. The molecule has 1 fully saturated rings. The zero-order valence-corrected chi connectivity index (χ0v) is 17.0. The zero-order valence-electron chi connectivity index (χ0n) is 17.0. The van der Waals surface area contributed by atoms with E-state index in [1.165, 1.54) is 0 Å². The van der Waals surface area contributed by atoms with Crippen molar-refractivity contribution in [1.29, 1.82) is 0 Å². The number of nitrogens with one attached hydrogen (secondary N) is 1. The van der Waals surface area contributed by atoms with Crippen molar-refractivity contribution in [3.05, 3.63) is 71.9 Å². The molecule has 6 nitrogen and oxygen atoms in total. The lowest BCUT2D eigenvalue weighted by atomic mass is 10.2. The van der Waals surface area contributed by atoms with Crippen molar-refractivity contribution < 1.29 is 4.74 Å². The fraction of sp³-hybridized carbons (Fsp3) is 0.304. The van der Waals surface area contributed by atoms with Gasteiger partial charge < -0.3 is 19.9 Å². The van der Waals surface area contributed by atoms with E-state index in [0.29, 0.717) is 6.61 Å². The predicted molar refractivity (Wildman–Crippen MR) is 117 cm³/mol. The maximum atomic E-state index is 5.86. The molecule has 29 heavy (non-hydrogen) atoms. The van der Waals surface area contributed by atoms with Crippen LogP contribution in [0.1, 0.15) is 11.3 Å². The minimum Gasteiger partial charge on any atom is -0.489 e. The Morgan fingerprint density at radius 1 is 0.931 bits per heavy atom. The summed E-state index contributed by atoms with van der Waals surface area (Å²) in [6.07, 6.45) is 0. The molecule has 6 heteroatoms. The highest BCUT2D eigenvalue weighted by Crippen LogP contribution is 2.22. The van der Waals surface area contributed by atoms with Gasteiger partial charge in [-0.1, -0.05) is 30.3 Å². The molecule has 4 rings (SSSR count). The Morgan fingerprint density at radius 2 is 1.66 bits per heavy atom. The van der Waals surface area contributed by atoms with E-state index in [2.05, 4.69) is 39.3 Å². The number of aryl methyl sites for hydroxylation is 1. The van der Waals surface area contributed by atoms with Crippen molar-refractivity contribution in [3.8, 4) is 5.75 Å². The van der Waals surface area contributed by atoms with Gasteiger partial charge in [-0.15, -0.1) is 0 Å². The molecule has 0 amide bonds. The highest BCUT2D eigenvalue weighted by molar-refractivity contribution is 5.58. The summed E-state index contributed by atoms with van der Waals surface area (Å²) >= 11 is 0. The van der Waals surface area contributed by atoms with Gasteiger partial charge in [-0.3, -0.25) is 0 Å². The quantitative estimate of drug-likeness (QED) is 0.691. The average Bonchev–Trinajstić information content (AvgIpc) is 2.74. The molecule has 1 saturated heterocycles. The van der Waals surface area contributed by atoms with Crippen molar-refractivity contribution in [1.82, 2.24) is 14.9 Å². The largest absolute Gasteiger partial charge is 0.489 e. The number of hydrogen-bond donors (Lipinski definition) is 1. The highest BCUT2D eigenvalue weighted by Gasteiger charge is 2.17. The van der Waals surface area contributed by atoms with Crippen molar-refractivity contribution in [2.75, 3.05) is 43.4 Å². The summed E-state index contributed by atoms with van der Waals surface area (Å²) in [5.74, 6) is 2.45. The molecule has 1 aliphatic heterocycles. The molecule has 2 heterocycles. The van der Waals surface area contributed by atoms with Crippen LogP contribution in [0.2, 0.25) is 0 Å². The minimum absolute atomic E-state index is 0.563. The number of likely N-dealkylation sites (N-methyl/N-ethyl adjacent to an activating group) is 1. The van der Waals surface area contributed by atoms with Crippen molar-refractivity contribution >= 4 is 17.5 Å². The number of anilines is 3. The molecular weight excluding hydrogens is 362 g/mol. The third kappa shape index (κ3) is 5.23. The van der Waals surface area contributed by atoms with Gasteiger partial charge in [-0.05, 0) is 43.8 Å². The fourth-order valence-corrected chi connectivity index (χ4v) is 3.29. The van der Waals surface area contributed by atoms with E-state index in [4.69, 9.17) is 9.72 Å². The second kappa shape index (κ2) is 8.92. The maximum absolute atomic E-state index is 5.86. The Labute approximate surface area is 172 Å². The number of benzene rings is 2. The number of nitrogens with zero attached hydrogens (tertiary/aromatic N) is 4. The first-order valence-electron chi connectivity index (χ1n) is 9.99. The SMILES string of the molecule is Cc1cc(Nc2ccc(OCc3ccccc3)cc2)nc(N2CCN(C)CC2)n1. The number of rotatable bonds is 6. The van der Waals surface area contributed by atoms with Crippen LogP contribution >= 0.6 is 0 Å². The zero-order chi connectivity index (χ0) is 20.1. The van der Waals surface area contributed by atoms with Gasteiger partial charge >= 0.3 is 0 Å². The van der Waals surface area contributed by atoms with Gasteiger partial charge in [-0.2, -0.15) is 4.98 Å². The molecule has 0 saturated carbocycles. The van der Waals surface area contributed by atoms with E-state index in [9.17, 15) is 0 Å². The molecule has 3 aromatic rings. The fourth-order valence-electron chi connectivity index (χ4n) is 3.29. The second-order valence-electron chi connectivity index (χ2n) is 7.41. The molecule has 0 atom stereocenters. The van der Waals surface area contributed by atoms with Gasteiger partial charge in [0.1, 0.15) is 18.2 Å². The summed E-state index contributed by atoms with van der Waals surface area (Å²) in [6, 6.07) is 20.1. The average molecular weight is 390 g/mol. The normalized spacial score (nSPS) is 14.6. The van der Waals surface area contributed by atoms with Gasteiger partial charge in [0.25, 0.3) is 0 Å². The van der Waals surface area contributed by atoms with Crippen molar-refractivity contribution in [3.63, 3.8) is 0 Å². The summed E-state index contributed by atoms with van der Waals surface area (Å²) in [6.45, 7) is 6.54. The van der Waals surface area contributed by atoms with Crippen LogP contribution in [-0.2, 0) is 6.61 Å². The number of ether oxygens (including phenoxy) is 1. The van der Waals surface area contributed by atoms with Gasteiger partial charge in [0.2, 0.25) is 5.95 Å². The van der Waals surface area contributed by atoms with Crippen LogP contribution in [0.15, 0.2) is 60.7 Å².